The van der Waals surface area contributed by atoms with Crippen LogP contribution in [-0.2, 0) is 6.61 Å². The average Bonchev–Trinajstić information content (AvgIpc) is 2.52. The van der Waals surface area contributed by atoms with Crippen LogP contribution in [0.2, 0.25) is 0 Å². The van der Waals surface area contributed by atoms with Crippen LogP contribution in [0.4, 0.5) is 0 Å². The van der Waals surface area contributed by atoms with Gasteiger partial charge in [0.1, 0.15) is 22.6 Å². The summed E-state index contributed by atoms with van der Waals surface area (Å²) in [5, 5.41) is 28.5. The van der Waals surface area contributed by atoms with Crippen LogP contribution in [0.1, 0.15) is 46.0 Å². The summed E-state index contributed by atoms with van der Waals surface area (Å²) in [6.07, 6.45) is 8.17. The number of hydrogen-bond donors (Lipinski definition) is 3. The first-order chi connectivity index (χ1) is 11.0. The monoisotopic (exact) mass is 320 g/mol. The fraction of sp³-hybridized carbons (Fsp3) is 0.294. The summed E-state index contributed by atoms with van der Waals surface area (Å²) in [6.45, 7) is 1.42. The molecule has 1 aromatic carbocycles. The summed E-state index contributed by atoms with van der Waals surface area (Å²) in [4.78, 5) is 23.5. The molecule has 0 aliphatic carbocycles. The van der Waals surface area contributed by atoms with E-state index in [2.05, 4.69) is 0 Å². The van der Waals surface area contributed by atoms with Gasteiger partial charge < -0.3 is 20.1 Å². The minimum absolute atomic E-state index is 0.00346. The lowest BCUT2D eigenvalue weighted by Gasteiger charge is -2.13. The van der Waals surface area contributed by atoms with Gasteiger partial charge in [-0.3, -0.25) is 4.79 Å². The predicted molar refractivity (Wildman–Crippen MR) is 85.1 cm³/mol. The van der Waals surface area contributed by atoms with Gasteiger partial charge in [-0.25, -0.2) is 4.79 Å². The molecule has 0 saturated carbocycles. The van der Waals surface area contributed by atoms with E-state index in [1.54, 1.807) is 6.08 Å². The van der Waals surface area contributed by atoms with Gasteiger partial charge in [-0.15, -0.1) is 0 Å². The standard InChI is InChI=1S/C17H20O6/c1-3-4-5-6-7-8-12(19)15-13(23-2)9-11(10-18)14(16(15)20)17(21)22/h5-9,18,20H,3-4,10H2,1-2H3,(H,21,22)/b6-5+,8-7+. The number of ketones is 1. The summed E-state index contributed by atoms with van der Waals surface area (Å²) in [5.74, 6) is -2.74. The number of carbonyl (C=O) groups is 2. The molecule has 3 N–H and O–H groups in total. The van der Waals surface area contributed by atoms with Gasteiger partial charge in [0.05, 0.1) is 13.7 Å². The topological polar surface area (TPSA) is 104 Å². The van der Waals surface area contributed by atoms with Crippen LogP contribution in [0.25, 0.3) is 0 Å². The van der Waals surface area contributed by atoms with Crippen LogP contribution in [0.3, 0.4) is 0 Å². The Morgan fingerprint density at radius 2 is 1.96 bits per heavy atom. The minimum Gasteiger partial charge on any atom is -0.506 e. The van der Waals surface area contributed by atoms with Gasteiger partial charge in [0.15, 0.2) is 5.78 Å². The number of carbonyl (C=O) groups excluding carboxylic acids is 1. The normalized spacial score (nSPS) is 11.3. The fourth-order valence-electron chi connectivity index (χ4n) is 2.03. The van der Waals surface area contributed by atoms with E-state index in [-0.39, 0.29) is 16.9 Å². The third-order valence-electron chi connectivity index (χ3n) is 3.15. The van der Waals surface area contributed by atoms with Crippen molar-refractivity contribution in [2.45, 2.75) is 26.4 Å². The maximum atomic E-state index is 12.2. The molecule has 0 bridgehead atoms. The van der Waals surface area contributed by atoms with Crippen molar-refractivity contribution in [3.05, 3.63) is 47.1 Å². The number of aromatic carboxylic acids is 1. The van der Waals surface area contributed by atoms with Crippen molar-refractivity contribution in [3.63, 3.8) is 0 Å². The Hall–Kier alpha value is -2.60. The van der Waals surface area contributed by atoms with Gasteiger partial charge in [-0.2, -0.15) is 0 Å². The Kier molecular flexibility index (Phi) is 7.02. The van der Waals surface area contributed by atoms with E-state index < -0.39 is 29.7 Å². The average molecular weight is 320 g/mol. The summed E-state index contributed by atoms with van der Waals surface area (Å²) < 4.78 is 5.03. The highest BCUT2D eigenvalue weighted by Crippen LogP contribution is 2.35. The first-order valence-electron chi connectivity index (χ1n) is 7.12. The maximum Gasteiger partial charge on any atom is 0.339 e. The number of carboxylic acid groups (broad SMARTS) is 1. The van der Waals surface area contributed by atoms with Crippen LogP contribution < -0.4 is 4.74 Å². The number of benzene rings is 1. The lowest BCUT2D eigenvalue weighted by molar-refractivity contribution is 0.0690. The van der Waals surface area contributed by atoms with Crippen LogP contribution in [0.5, 0.6) is 11.5 Å². The molecule has 1 aromatic rings. The Morgan fingerprint density at radius 3 is 2.48 bits per heavy atom. The molecule has 0 fully saturated rings. The zero-order valence-electron chi connectivity index (χ0n) is 13.1. The second kappa shape index (κ2) is 8.75. The molecular formula is C17H20O6. The van der Waals surface area contributed by atoms with E-state index in [4.69, 9.17) is 9.84 Å². The number of carboxylic acids is 1. The molecule has 0 amide bonds. The number of aliphatic hydroxyl groups is 1. The lowest BCUT2D eigenvalue weighted by atomic mass is 9.98. The van der Waals surface area contributed by atoms with Crippen molar-refractivity contribution in [1.82, 2.24) is 0 Å². The molecule has 0 aliphatic rings. The third-order valence-corrected chi connectivity index (χ3v) is 3.15. The SMILES string of the molecule is CCC/C=C/C=C/C(=O)c1c(OC)cc(CO)c(C(=O)O)c1O. The number of allylic oxidation sites excluding steroid dienone is 4. The van der Waals surface area contributed by atoms with E-state index >= 15 is 0 Å². The van der Waals surface area contributed by atoms with Gasteiger partial charge in [0.25, 0.3) is 0 Å². The molecule has 0 aromatic heterocycles. The molecule has 0 spiro atoms. The highest BCUT2D eigenvalue weighted by molar-refractivity contribution is 6.11. The zero-order valence-corrected chi connectivity index (χ0v) is 13.1. The van der Waals surface area contributed by atoms with E-state index in [9.17, 15) is 19.8 Å². The number of rotatable bonds is 8. The van der Waals surface area contributed by atoms with E-state index in [0.717, 1.165) is 12.8 Å². The highest BCUT2D eigenvalue weighted by Gasteiger charge is 2.25. The van der Waals surface area contributed by atoms with Crippen molar-refractivity contribution in [1.29, 1.82) is 0 Å². The molecule has 0 unspecified atom stereocenters. The summed E-state index contributed by atoms with van der Waals surface area (Å²) in [7, 11) is 1.29. The Labute approximate surface area is 134 Å². The number of aromatic hydroxyl groups is 1. The molecule has 0 atom stereocenters. The molecule has 0 radical (unpaired) electrons. The van der Waals surface area contributed by atoms with E-state index in [1.807, 2.05) is 13.0 Å². The van der Waals surface area contributed by atoms with Crippen LogP contribution in [0, 0.1) is 0 Å². The Bertz CT molecular complexity index is 643. The molecule has 0 saturated heterocycles. The first kappa shape index (κ1) is 18.4. The van der Waals surface area contributed by atoms with Gasteiger partial charge in [0, 0.05) is 0 Å². The first-order valence-corrected chi connectivity index (χ1v) is 7.12. The van der Waals surface area contributed by atoms with E-state index in [0.29, 0.717) is 0 Å². The molecule has 0 heterocycles. The number of unbranched alkanes of at least 4 members (excludes halogenated alkanes) is 1. The second-order valence-electron chi connectivity index (χ2n) is 4.74. The molecule has 6 nitrogen and oxygen atoms in total. The molecule has 6 heteroatoms. The number of phenols is 1. The largest absolute Gasteiger partial charge is 0.506 e. The van der Waals surface area contributed by atoms with Crippen LogP contribution in [-0.4, -0.2) is 34.2 Å². The second-order valence-corrected chi connectivity index (χ2v) is 4.74. The smallest absolute Gasteiger partial charge is 0.339 e. The zero-order chi connectivity index (χ0) is 17.4. The quantitative estimate of drug-likeness (QED) is 0.386. The third kappa shape index (κ3) is 4.43. The molecular weight excluding hydrogens is 300 g/mol. The molecule has 1 rings (SSSR count). The number of hydrogen-bond acceptors (Lipinski definition) is 5. The minimum atomic E-state index is -1.44. The summed E-state index contributed by atoms with van der Waals surface area (Å²) in [5.41, 5.74) is -0.788. The van der Waals surface area contributed by atoms with Gasteiger partial charge in [-0.1, -0.05) is 31.6 Å². The fourth-order valence-corrected chi connectivity index (χ4v) is 2.03. The number of methoxy groups -OCH3 is 1. The van der Waals surface area contributed by atoms with Crippen LogP contribution in [0.15, 0.2) is 30.4 Å². The van der Waals surface area contributed by atoms with Crippen molar-refractivity contribution >= 4 is 11.8 Å². The molecule has 0 aliphatic heterocycles. The van der Waals surface area contributed by atoms with Crippen molar-refractivity contribution < 1.29 is 29.6 Å². The van der Waals surface area contributed by atoms with Crippen LogP contribution >= 0.6 is 0 Å². The van der Waals surface area contributed by atoms with E-state index in [1.165, 1.54) is 25.3 Å². The predicted octanol–water partition coefficient (Wildman–Crippen LogP) is 2.69. The molecule has 23 heavy (non-hydrogen) atoms. The van der Waals surface area contributed by atoms with Gasteiger partial charge >= 0.3 is 5.97 Å². The number of ether oxygens (including phenoxy) is 1. The lowest BCUT2D eigenvalue weighted by Crippen LogP contribution is -2.09. The van der Waals surface area contributed by atoms with Gasteiger partial charge in [0.2, 0.25) is 0 Å². The van der Waals surface area contributed by atoms with Gasteiger partial charge in [-0.05, 0) is 24.1 Å². The molecule has 124 valence electrons. The number of aliphatic hydroxyl groups excluding tert-OH is 1. The Morgan fingerprint density at radius 1 is 1.26 bits per heavy atom. The summed E-state index contributed by atoms with van der Waals surface area (Å²) >= 11 is 0. The van der Waals surface area contributed by atoms with Crippen molar-refractivity contribution in [2.24, 2.45) is 0 Å². The highest BCUT2D eigenvalue weighted by atomic mass is 16.5. The van der Waals surface area contributed by atoms with Crippen molar-refractivity contribution in [3.8, 4) is 11.5 Å². The summed E-state index contributed by atoms with van der Waals surface area (Å²) in [6, 6.07) is 1.23. The maximum absolute atomic E-state index is 12.2. The van der Waals surface area contributed by atoms with Crippen molar-refractivity contribution in [2.75, 3.05) is 7.11 Å². The Balaban J connectivity index is 3.31.